The Kier molecular flexibility index (Phi) is 5.47. The predicted molar refractivity (Wildman–Crippen MR) is 114 cm³/mol. The number of amides is 1. The lowest BCUT2D eigenvalue weighted by Gasteiger charge is -2.40. The number of ether oxygens (including phenoxy) is 1. The van der Waals surface area contributed by atoms with Gasteiger partial charge in [0.2, 0.25) is 5.91 Å². The second-order valence-corrected chi connectivity index (χ2v) is 7.90. The number of esters is 1. The molecular formula is C21H17Cl3N2O3. The summed E-state index contributed by atoms with van der Waals surface area (Å²) in [7, 11) is 1.31. The molecule has 1 aliphatic rings. The molecule has 1 aromatic heterocycles. The lowest BCUT2D eigenvalue weighted by molar-refractivity contribution is -0.154. The summed E-state index contributed by atoms with van der Waals surface area (Å²) in [5, 5.41) is 1.77. The molecule has 150 valence electrons. The van der Waals surface area contributed by atoms with E-state index in [9.17, 15) is 9.59 Å². The number of rotatable bonds is 3. The Labute approximate surface area is 182 Å². The monoisotopic (exact) mass is 450 g/mol. The van der Waals surface area contributed by atoms with Crippen LogP contribution in [0.4, 0.5) is 0 Å². The number of halogens is 3. The minimum atomic E-state index is -0.808. The van der Waals surface area contributed by atoms with Crippen molar-refractivity contribution in [1.82, 2.24) is 9.88 Å². The molecule has 0 bridgehead atoms. The summed E-state index contributed by atoms with van der Waals surface area (Å²) < 4.78 is 5.01. The fraction of sp³-hybridized carbons (Fsp3) is 0.238. The van der Waals surface area contributed by atoms with Crippen LogP contribution >= 0.6 is 34.8 Å². The number of nitrogens with zero attached hydrogens (tertiary/aromatic N) is 1. The van der Waals surface area contributed by atoms with E-state index in [1.165, 1.54) is 12.0 Å². The van der Waals surface area contributed by atoms with E-state index in [1.807, 2.05) is 24.3 Å². The van der Waals surface area contributed by atoms with E-state index in [1.54, 1.807) is 18.2 Å². The standard InChI is InChI=1S/C21H17Cl3N2O3/c1-29-21(28)17-9-13-12-4-2-3-5-16(12)25-19(13)20(26(17)18(27)10-22)11-6-7-14(23)15(24)8-11/h2-8,17,20,25H,9-10H2,1H3/t17-,20+/m0/s1. The van der Waals surface area contributed by atoms with E-state index in [4.69, 9.17) is 39.5 Å². The fourth-order valence-corrected chi connectivity index (χ4v) is 4.46. The predicted octanol–water partition coefficient (Wildman–Crippen LogP) is 4.73. The van der Waals surface area contributed by atoms with Gasteiger partial charge in [-0.1, -0.05) is 47.5 Å². The van der Waals surface area contributed by atoms with Gasteiger partial charge < -0.3 is 14.6 Å². The summed E-state index contributed by atoms with van der Waals surface area (Å²) in [4.78, 5) is 30.4. The highest BCUT2D eigenvalue weighted by atomic mass is 35.5. The Morgan fingerprint density at radius 2 is 1.93 bits per heavy atom. The van der Waals surface area contributed by atoms with Gasteiger partial charge in [-0.25, -0.2) is 4.79 Å². The van der Waals surface area contributed by atoms with Gasteiger partial charge in [-0.2, -0.15) is 0 Å². The van der Waals surface area contributed by atoms with Gasteiger partial charge in [0.25, 0.3) is 0 Å². The second kappa shape index (κ2) is 7.90. The van der Waals surface area contributed by atoms with E-state index in [0.717, 1.165) is 27.7 Å². The first-order valence-electron chi connectivity index (χ1n) is 8.95. The number of aromatic amines is 1. The van der Waals surface area contributed by atoms with Gasteiger partial charge in [-0.15, -0.1) is 11.6 Å². The maximum absolute atomic E-state index is 12.9. The summed E-state index contributed by atoms with van der Waals surface area (Å²) in [5.74, 6) is -1.13. The van der Waals surface area contributed by atoms with Crippen molar-refractivity contribution in [1.29, 1.82) is 0 Å². The minimum Gasteiger partial charge on any atom is -0.467 e. The third-order valence-electron chi connectivity index (χ3n) is 5.27. The summed E-state index contributed by atoms with van der Waals surface area (Å²) in [6.07, 6.45) is 0.326. The number of benzene rings is 2. The maximum Gasteiger partial charge on any atom is 0.328 e. The number of para-hydroxylation sites is 1. The molecule has 1 N–H and O–H groups in total. The highest BCUT2D eigenvalue weighted by molar-refractivity contribution is 6.42. The summed E-state index contributed by atoms with van der Waals surface area (Å²) in [5.41, 5.74) is 3.43. The number of aromatic nitrogens is 1. The zero-order chi connectivity index (χ0) is 20.7. The van der Waals surface area contributed by atoms with Crippen molar-refractivity contribution in [3.05, 3.63) is 69.3 Å². The number of hydrogen-bond acceptors (Lipinski definition) is 3. The van der Waals surface area contributed by atoms with Gasteiger partial charge in [-0.3, -0.25) is 4.79 Å². The van der Waals surface area contributed by atoms with Crippen molar-refractivity contribution in [2.75, 3.05) is 13.0 Å². The van der Waals surface area contributed by atoms with Crippen LogP contribution in [-0.4, -0.2) is 40.8 Å². The number of carbonyl (C=O) groups excluding carboxylic acids is 2. The third-order valence-corrected chi connectivity index (χ3v) is 6.23. The van der Waals surface area contributed by atoms with Crippen LogP contribution in [0, 0.1) is 0 Å². The smallest absolute Gasteiger partial charge is 0.328 e. The zero-order valence-electron chi connectivity index (χ0n) is 15.4. The van der Waals surface area contributed by atoms with Crippen LogP contribution < -0.4 is 0 Å². The molecule has 2 atom stereocenters. The number of alkyl halides is 1. The van der Waals surface area contributed by atoms with Gasteiger partial charge in [-0.05, 0) is 29.3 Å². The van der Waals surface area contributed by atoms with Crippen LogP contribution in [0.15, 0.2) is 42.5 Å². The average Bonchev–Trinajstić information content (AvgIpc) is 3.11. The highest BCUT2D eigenvalue weighted by Gasteiger charge is 2.43. The summed E-state index contributed by atoms with van der Waals surface area (Å²) >= 11 is 18.3. The number of nitrogens with one attached hydrogen (secondary N) is 1. The molecule has 2 heterocycles. The number of methoxy groups -OCH3 is 1. The minimum absolute atomic E-state index is 0.263. The van der Waals surface area contributed by atoms with Gasteiger partial charge >= 0.3 is 5.97 Å². The number of H-pyrrole nitrogens is 1. The molecule has 3 aromatic rings. The molecule has 0 saturated heterocycles. The van der Waals surface area contributed by atoms with Gasteiger partial charge in [0.05, 0.1) is 23.2 Å². The first-order chi connectivity index (χ1) is 14.0. The normalized spacial score (nSPS) is 18.6. The molecule has 4 rings (SSSR count). The quantitative estimate of drug-likeness (QED) is 0.462. The number of hydrogen-bond donors (Lipinski definition) is 1. The van der Waals surface area contributed by atoms with Crippen molar-refractivity contribution in [2.45, 2.75) is 18.5 Å². The molecule has 0 radical (unpaired) electrons. The van der Waals surface area contributed by atoms with E-state index >= 15 is 0 Å². The van der Waals surface area contributed by atoms with E-state index in [2.05, 4.69) is 4.98 Å². The number of fused-ring (bicyclic) bond motifs is 3. The summed E-state index contributed by atoms with van der Waals surface area (Å²) in [6.45, 7) is 0. The number of carbonyl (C=O) groups is 2. The topological polar surface area (TPSA) is 62.4 Å². The zero-order valence-corrected chi connectivity index (χ0v) is 17.7. The first kappa shape index (κ1) is 20.1. The van der Waals surface area contributed by atoms with Crippen LogP contribution in [-0.2, 0) is 20.7 Å². The van der Waals surface area contributed by atoms with Crippen LogP contribution in [0.5, 0.6) is 0 Å². The Morgan fingerprint density at radius 3 is 2.62 bits per heavy atom. The first-order valence-corrected chi connectivity index (χ1v) is 10.2. The molecular weight excluding hydrogens is 435 g/mol. The van der Waals surface area contributed by atoms with Crippen LogP contribution in [0.1, 0.15) is 22.9 Å². The Morgan fingerprint density at radius 1 is 1.17 bits per heavy atom. The molecule has 29 heavy (non-hydrogen) atoms. The van der Waals surface area contributed by atoms with E-state index in [-0.39, 0.29) is 11.8 Å². The molecule has 1 amide bonds. The Bertz CT molecular complexity index is 1110. The summed E-state index contributed by atoms with van der Waals surface area (Å²) in [6, 6.07) is 11.6. The molecule has 0 aliphatic carbocycles. The lowest BCUT2D eigenvalue weighted by Crippen LogP contribution is -2.52. The van der Waals surface area contributed by atoms with Crippen LogP contribution in [0.3, 0.4) is 0 Å². The van der Waals surface area contributed by atoms with Crippen LogP contribution in [0.25, 0.3) is 10.9 Å². The Balaban J connectivity index is 1.99. The highest BCUT2D eigenvalue weighted by Crippen LogP contribution is 2.42. The van der Waals surface area contributed by atoms with Crippen molar-refractivity contribution >= 4 is 57.6 Å². The second-order valence-electron chi connectivity index (χ2n) is 6.82. The van der Waals surface area contributed by atoms with Gasteiger partial charge in [0.1, 0.15) is 11.9 Å². The fourth-order valence-electron chi connectivity index (χ4n) is 4.01. The van der Waals surface area contributed by atoms with Gasteiger partial charge in [0.15, 0.2) is 0 Å². The third kappa shape index (κ3) is 3.37. The van der Waals surface area contributed by atoms with Crippen molar-refractivity contribution in [3.8, 4) is 0 Å². The van der Waals surface area contributed by atoms with Crippen molar-refractivity contribution < 1.29 is 14.3 Å². The van der Waals surface area contributed by atoms with E-state index < -0.39 is 18.1 Å². The molecule has 0 spiro atoms. The van der Waals surface area contributed by atoms with Crippen LogP contribution in [0.2, 0.25) is 10.0 Å². The SMILES string of the molecule is COC(=O)[C@@H]1Cc2c([nH]c3ccccc23)[C@@H](c2ccc(Cl)c(Cl)c2)N1C(=O)CCl. The van der Waals surface area contributed by atoms with E-state index in [0.29, 0.717) is 16.5 Å². The van der Waals surface area contributed by atoms with Crippen molar-refractivity contribution in [3.63, 3.8) is 0 Å². The molecule has 5 nitrogen and oxygen atoms in total. The maximum atomic E-state index is 12.9. The molecule has 0 unspecified atom stereocenters. The van der Waals surface area contributed by atoms with Crippen molar-refractivity contribution in [2.24, 2.45) is 0 Å². The van der Waals surface area contributed by atoms with Gasteiger partial charge in [0, 0.05) is 23.0 Å². The molecule has 2 aromatic carbocycles. The Hall–Kier alpha value is -2.21. The molecule has 0 fully saturated rings. The average molecular weight is 452 g/mol. The molecule has 8 heteroatoms. The lowest BCUT2D eigenvalue weighted by atomic mass is 9.88. The largest absolute Gasteiger partial charge is 0.467 e. The molecule has 0 saturated carbocycles. The molecule has 1 aliphatic heterocycles.